The Morgan fingerprint density at radius 2 is 1.97 bits per heavy atom. The van der Waals surface area contributed by atoms with E-state index in [9.17, 15) is 19.5 Å². The number of aliphatic carboxylic acids is 1. The summed E-state index contributed by atoms with van der Waals surface area (Å²) in [5.74, 6) is -1.57. The molecule has 2 heterocycles. The van der Waals surface area contributed by atoms with E-state index in [4.69, 9.17) is 0 Å². The lowest BCUT2D eigenvalue weighted by molar-refractivity contribution is -0.141. The number of hydrogen-bond acceptors (Lipinski definition) is 5. The number of aryl methyl sites for hydroxylation is 1. The number of anilines is 1. The fourth-order valence-electron chi connectivity index (χ4n) is 4.16. The lowest BCUT2D eigenvalue weighted by Gasteiger charge is -2.24. The normalized spacial score (nSPS) is 15.2. The second-order valence-electron chi connectivity index (χ2n) is 8.70. The third-order valence-electron chi connectivity index (χ3n) is 5.99. The van der Waals surface area contributed by atoms with Gasteiger partial charge in [0.15, 0.2) is 0 Å². The number of hydrogen-bond donors (Lipinski definition) is 3. The van der Waals surface area contributed by atoms with Crippen LogP contribution in [-0.2, 0) is 36.0 Å². The van der Waals surface area contributed by atoms with Crippen molar-refractivity contribution in [2.24, 2.45) is 7.05 Å². The molecule has 0 radical (unpaired) electrons. The van der Waals surface area contributed by atoms with Crippen molar-refractivity contribution in [3.63, 3.8) is 0 Å². The zero-order chi connectivity index (χ0) is 24.8. The molecule has 2 aromatic carbocycles. The number of carbonyl (C=O) groups excluding carboxylic acids is 2. The molecule has 0 saturated carbocycles. The van der Waals surface area contributed by atoms with Gasteiger partial charge < -0.3 is 25.2 Å². The van der Waals surface area contributed by atoms with Crippen LogP contribution in [0.2, 0.25) is 0 Å². The molecule has 0 fully saturated rings. The highest BCUT2D eigenvalue weighted by Crippen LogP contribution is 2.26. The summed E-state index contributed by atoms with van der Waals surface area (Å²) in [6.07, 6.45) is 4.55. The molecule has 1 atom stereocenters. The molecular formula is C26H29N5O4. The first-order valence-corrected chi connectivity index (χ1v) is 11.6. The highest BCUT2D eigenvalue weighted by molar-refractivity contribution is 5.96. The molecule has 1 aromatic heterocycles. The summed E-state index contributed by atoms with van der Waals surface area (Å²) >= 11 is 0. The molecule has 1 aliphatic rings. The van der Waals surface area contributed by atoms with E-state index in [2.05, 4.69) is 15.6 Å². The number of imidazole rings is 1. The second kappa shape index (κ2) is 10.9. The Hall–Kier alpha value is -4.14. The van der Waals surface area contributed by atoms with E-state index in [1.54, 1.807) is 23.4 Å². The molecule has 182 valence electrons. The number of carboxylic acids is 1. The molecule has 35 heavy (non-hydrogen) atoms. The zero-order valence-corrected chi connectivity index (χ0v) is 19.6. The monoisotopic (exact) mass is 475 g/mol. The highest BCUT2D eigenvalue weighted by Gasteiger charge is 2.31. The minimum absolute atomic E-state index is 0.239. The average molecular weight is 476 g/mol. The van der Waals surface area contributed by atoms with Crippen LogP contribution in [0.3, 0.4) is 0 Å². The maximum Gasteiger partial charge on any atom is 0.305 e. The van der Waals surface area contributed by atoms with Gasteiger partial charge in [0.25, 0.3) is 5.91 Å². The summed E-state index contributed by atoms with van der Waals surface area (Å²) in [5, 5.41) is 15.3. The standard InChI is InChI=1S/C26H29N5O4/c1-30-16-21(28-17-30)9-11-27-25(34)19-7-8-20-15-31(12-10-18-5-3-2-4-6-18)26(35)23(14-24(32)33)29-22(20)13-19/h2-8,13,16-17,23,29H,9-12,14-15H2,1H3,(H,27,34)(H,32,33). The van der Waals surface area contributed by atoms with Crippen LogP contribution in [-0.4, -0.2) is 56.5 Å². The maximum absolute atomic E-state index is 13.2. The van der Waals surface area contributed by atoms with Gasteiger partial charge in [0.1, 0.15) is 6.04 Å². The summed E-state index contributed by atoms with van der Waals surface area (Å²) < 4.78 is 1.85. The first-order valence-electron chi connectivity index (χ1n) is 11.6. The fraction of sp³-hybridized carbons (Fsp3) is 0.308. The predicted molar refractivity (Wildman–Crippen MR) is 131 cm³/mol. The van der Waals surface area contributed by atoms with Crippen molar-refractivity contribution in [3.8, 4) is 0 Å². The van der Waals surface area contributed by atoms with E-state index < -0.39 is 12.0 Å². The van der Waals surface area contributed by atoms with E-state index in [1.807, 2.05) is 54.2 Å². The lowest BCUT2D eigenvalue weighted by Crippen LogP contribution is -2.42. The van der Waals surface area contributed by atoms with Gasteiger partial charge in [0.2, 0.25) is 5.91 Å². The van der Waals surface area contributed by atoms with Gasteiger partial charge in [-0.3, -0.25) is 14.4 Å². The molecule has 1 unspecified atom stereocenters. The third-order valence-corrected chi connectivity index (χ3v) is 5.99. The van der Waals surface area contributed by atoms with Crippen molar-refractivity contribution in [1.29, 1.82) is 0 Å². The number of fused-ring (bicyclic) bond motifs is 1. The number of amides is 2. The Labute approximate surface area is 203 Å². The molecular weight excluding hydrogens is 446 g/mol. The van der Waals surface area contributed by atoms with Crippen molar-refractivity contribution in [2.45, 2.75) is 31.8 Å². The van der Waals surface area contributed by atoms with Crippen LogP contribution in [0.15, 0.2) is 61.1 Å². The van der Waals surface area contributed by atoms with Crippen molar-refractivity contribution in [2.75, 3.05) is 18.4 Å². The van der Waals surface area contributed by atoms with Gasteiger partial charge in [-0.2, -0.15) is 0 Å². The Morgan fingerprint density at radius 3 is 2.69 bits per heavy atom. The van der Waals surface area contributed by atoms with Gasteiger partial charge in [-0.05, 0) is 29.7 Å². The summed E-state index contributed by atoms with van der Waals surface area (Å²) in [5.41, 5.74) is 3.87. The van der Waals surface area contributed by atoms with Crippen molar-refractivity contribution < 1.29 is 19.5 Å². The highest BCUT2D eigenvalue weighted by atomic mass is 16.4. The number of benzene rings is 2. The van der Waals surface area contributed by atoms with Gasteiger partial charge in [-0.15, -0.1) is 0 Å². The molecule has 0 bridgehead atoms. The average Bonchev–Trinajstić information content (AvgIpc) is 3.21. The number of carbonyl (C=O) groups is 3. The van der Waals surface area contributed by atoms with Crippen LogP contribution in [0.4, 0.5) is 5.69 Å². The first kappa shape index (κ1) is 24.0. The van der Waals surface area contributed by atoms with E-state index in [0.29, 0.717) is 43.7 Å². The fourth-order valence-corrected chi connectivity index (χ4v) is 4.16. The third kappa shape index (κ3) is 6.26. The molecule has 3 aromatic rings. The van der Waals surface area contributed by atoms with E-state index >= 15 is 0 Å². The second-order valence-corrected chi connectivity index (χ2v) is 8.70. The van der Waals surface area contributed by atoms with Crippen LogP contribution in [0.1, 0.15) is 33.6 Å². The van der Waals surface area contributed by atoms with Crippen LogP contribution in [0.5, 0.6) is 0 Å². The Bertz CT molecular complexity index is 1210. The Kier molecular flexibility index (Phi) is 7.45. The lowest BCUT2D eigenvalue weighted by atomic mass is 10.1. The van der Waals surface area contributed by atoms with Gasteiger partial charge in [-0.25, -0.2) is 4.98 Å². The van der Waals surface area contributed by atoms with Crippen molar-refractivity contribution in [3.05, 3.63) is 83.4 Å². The first-order chi connectivity index (χ1) is 16.9. The predicted octanol–water partition coefficient (Wildman–Crippen LogP) is 2.23. The Morgan fingerprint density at radius 1 is 1.17 bits per heavy atom. The SMILES string of the molecule is Cn1cnc(CCNC(=O)c2ccc3c(c2)NC(CC(=O)O)C(=O)N(CCc2ccccc2)C3)c1. The minimum Gasteiger partial charge on any atom is -0.481 e. The number of aromatic nitrogens is 2. The number of nitrogens with one attached hydrogen (secondary N) is 2. The molecule has 0 saturated heterocycles. The largest absolute Gasteiger partial charge is 0.481 e. The topological polar surface area (TPSA) is 117 Å². The van der Waals surface area contributed by atoms with Crippen molar-refractivity contribution >= 4 is 23.5 Å². The molecule has 9 heteroatoms. The summed E-state index contributed by atoms with van der Waals surface area (Å²) in [6, 6.07) is 14.2. The molecule has 9 nitrogen and oxygen atoms in total. The maximum atomic E-state index is 13.2. The summed E-state index contributed by atoms with van der Waals surface area (Å²) in [6.45, 7) is 1.25. The smallest absolute Gasteiger partial charge is 0.305 e. The molecule has 0 spiro atoms. The van der Waals surface area contributed by atoms with Crippen LogP contribution >= 0.6 is 0 Å². The van der Waals surface area contributed by atoms with Crippen molar-refractivity contribution in [1.82, 2.24) is 19.8 Å². The van der Waals surface area contributed by atoms with Crippen LogP contribution in [0, 0.1) is 0 Å². The number of rotatable bonds is 9. The minimum atomic E-state index is -1.06. The van der Waals surface area contributed by atoms with Gasteiger partial charge in [-0.1, -0.05) is 36.4 Å². The molecule has 0 aliphatic carbocycles. The molecule has 4 rings (SSSR count). The zero-order valence-electron chi connectivity index (χ0n) is 19.6. The number of carboxylic acid groups (broad SMARTS) is 1. The quantitative estimate of drug-likeness (QED) is 0.437. The van der Waals surface area contributed by atoms with Crippen LogP contribution < -0.4 is 10.6 Å². The van der Waals surface area contributed by atoms with Gasteiger partial charge in [0, 0.05) is 50.6 Å². The summed E-state index contributed by atoms with van der Waals surface area (Å²) in [7, 11) is 1.89. The van der Waals surface area contributed by atoms with E-state index in [0.717, 1.165) is 16.8 Å². The van der Waals surface area contributed by atoms with Gasteiger partial charge >= 0.3 is 5.97 Å². The molecule has 2 amide bonds. The van der Waals surface area contributed by atoms with Crippen LogP contribution in [0.25, 0.3) is 0 Å². The summed E-state index contributed by atoms with van der Waals surface area (Å²) in [4.78, 5) is 43.3. The Balaban J connectivity index is 1.47. The van der Waals surface area contributed by atoms with E-state index in [1.165, 1.54) is 0 Å². The molecule has 1 aliphatic heterocycles. The molecule has 3 N–H and O–H groups in total. The number of nitrogens with zero attached hydrogens (tertiary/aromatic N) is 3. The van der Waals surface area contributed by atoms with E-state index in [-0.39, 0.29) is 18.2 Å². The van der Waals surface area contributed by atoms with Gasteiger partial charge in [0.05, 0.1) is 18.4 Å².